The Balaban J connectivity index is 3.10. The van der Waals surface area contributed by atoms with E-state index in [0.29, 0.717) is 0 Å². The van der Waals surface area contributed by atoms with Gasteiger partial charge < -0.3 is 5.73 Å². The second-order valence-corrected chi connectivity index (χ2v) is 7.28. The Kier molecular flexibility index (Phi) is 2.81. The molecule has 0 aromatic carbocycles. The molecule has 1 unspecified atom stereocenters. The van der Waals surface area contributed by atoms with Gasteiger partial charge in [0.05, 0.1) is 4.91 Å². The molecule has 0 amide bonds. The molecule has 1 rings (SSSR count). The molecule has 4 N–H and O–H groups in total. The molecule has 0 aliphatic heterocycles. The number of nitrogens with two attached hydrogens (primary N) is 2. The van der Waals surface area contributed by atoms with Crippen LogP contribution < -0.4 is 10.9 Å². The van der Waals surface area contributed by atoms with Crippen molar-refractivity contribution < 1.29 is 16.8 Å². The number of allylic oxidation sites excluding steroid dienone is 1. The Morgan fingerprint density at radius 2 is 1.87 bits per heavy atom. The Labute approximate surface area is 88.6 Å². The Morgan fingerprint density at radius 1 is 1.33 bits per heavy atom. The second kappa shape index (κ2) is 3.41. The summed E-state index contributed by atoms with van der Waals surface area (Å²) in [5.41, 5.74) is 5.59. The maximum Gasteiger partial charge on any atom is 0.237 e. The zero-order chi connectivity index (χ0) is 11.9. The molecule has 0 spiro atoms. The summed E-state index contributed by atoms with van der Waals surface area (Å²) in [4.78, 5) is -1.66. The van der Waals surface area contributed by atoms with Crippen LogP contribution >= 0.6 is 0 Å². The summed E-state index contributed by atoms with van der Waals surface area (Å²) in [6.45, 7) is 0. The van der Waals surface area contributed by atoms with Crippen LogP contribution in [0, 0.1) is 0 Å². The maximum atomic E-state index is 11.3. The molecule has 0 aromatic rings. The molecule has 0 radical (unpaired) electrons. The van der Waals surface area contributed by atoms with Gasteiger partial charge in [-0.25, -0.2) is 22.0 Å². The van der Waals surface area contributed by atoms with Crippen LogP contribution in [-0.2, 0) is 19.9 Å². The number of hydrogen-bond acceptors (Lipinski definition) is 5. The van der Waals surface area contributed by atoms with Crippen molar-refractivity contribution in [3.8, 4) is 0 Å². The summed E-state index contributed by atoms with van der Waals surface area (Å²) in [6.07, 6.45) is 4.35. The number of sulfone groups is 1. The highest BCUT2D eigenvalue weighted by Crippen LogP contribution is 2.24. The van der Waals surface area contributed by atoms with Crippen LogP contribution in [0.15, 0.2) is 23.1 Å². The lowest BCUT2D eigenvalue weighted by atomic mass is 10.1. The Hall–Kier alpha value is -0.700. The van der Waals surface area contributed by atoms with Crippen LogP contribution in [0.3, 0.4) is 0 Å². The number of rotatable bonds is 2. The lowest BCUT2D eigenvalue weighted by Crippen LogP contribution is -2.46. The molecule has 0 bridgehead atoms. The summed E-state index contributed by atoms with van der Waals surface area (Å²) >= 11 is 0. The standard InChI is InChI=1S/C7H12N2O4S2/c1-14(10,11)7(8)4-2-6(3-5-7)15(9,12)13/h2-4H,5,8H2,1H3,(H2,9,12,13). The molecule has 0 heterocycles. The zero-order valence-corrected chi connectivity index (χ0v) is 9.68. The average Bonchev–Trinajstić information content (AvgIpc) is 2.01. The third-order valence-electron chi connectivity index (χ3n) is 2.17. The molecular formula is C7H12N2O4S2. The summed E-state index contributed by atoms with van der Waals surface area (Å²) in [5.74, 6) is 0. The van der Waals surface area contributed by atoms with Crippen LogP contribution in [0.1, 0.15) is 6.42 Å². The van der Waals surface area contributed by atoms with Gasteiger partial charge in [-0.05, 0) is 12.2 Å². The SMILES string of the molecule is CS(=O)(=O)C1(N)C=CC(S(N)(=O)=O)=CC1. The lowest BCUT2D eigenvalue weighted by Gasteiger charge is -2.25. The number of sulfonamides is 1. The van der Waals surface area contributed by atoms with Crippen molar-refractivity contribution in [3.05, 3.63) is 23.1 Å². The highest BCUT2D eigenvalue weighted by molar-refractivity contribution is 7.93. The van der Waals surface area contributed by atoms with Gasteiger partial charge in [0.2, 0.25) is 10.0 Å². The van der Waals surface area contributed by atoms with Crippen molar-refractivity contribution in [1.82, 2.24) is 0 Å². The zero-order valence-electron chi connectivity index (χ0n) is 8.04. The predicted octanol–water partition coefficient (Wildman–Crippen LogP) is -1.18. The van der Waals surface area contributed by atoms with E-state index in [-0.39, 0.29) is 11.3 Å². The molecule has 0 saturated carbocycles. The van der Waals surface area contributed by atoms with Crippen LogP contribution in [-0.4, -0.2) is 28.0 Å². The minimum absolute atomic E-state index is 0.103. The summed E-state index contributed by atoms with van der Waals surface area (Å²) in [7, 11) is -7.28. The van der Waals surface area contributed by atoms with E-state index in [4.69, 9.17) is 10.9 Å². The first-order valence-electron chi connectivity index (χ1n) is 3.97. The van der Waals surface area contributed by atoms with Gasteiger partial charge >= 0.3 is 0 Å². The summed E-state index contributed by atoms with van der Waals surface area (Å²) < 4.78 is 44.4. The van der Waals surface area contributed by atoms with E-state index in [1.54, 1.807) is 0 Å². The van der Waals surface area contributed by atoms with E-state index in [1.807, 2.05) is 0 Å². The first-order chi connectivity index (χ1) is 6.56. The van der Waals surface area contributed by atoms with E-state index in [0.717, 1.165) is 18.4 Å². The van der Waals surface area contributed by atoms with Crippen molar-refractivity contribution >= 4 is 19.9 Å². The van der Waals surface area contributed by atoms with Gasteiger partial charge in [0.1, 0.15) is 4.87 Å². The van der Waals surface area contributed by atoms with Crippen molar-refractivity contribution in [2.24, 2.45) is 10.9 Å². The van der Waals surface area contributed by atoms with Crippen molar-refractivity contribution in [1.29, 1.82) is 0 Å². The lowest BCUT2D eigenvalue weighted by molar-refractivity contribution is 0.560. The van der Waals surface area contributed by atoms with Gasteiger partial charge in [-0.3, -0.25) is 0 Å². The van der Waals surface area contributed by atoms with Crippen LogP contribution in [0.25, 0.3) is 0 Å². The molecule has 86 valence electrons. The van der Waals surface area contributed by atoms with Crippen LogP contribution in [0.2, 0.25) is 0 Å². The minimum Gasteiger partial charge on any atom is -0.309 e. The Morgan fingerprint density at radius 3 is 2.13 bits per heavy atom. The third-order valence-corrected chi connectivity index (χ3v) is 4.81. The number of primary sulfonamides is 1. The van der Waals surface area contributed by atoms with Crippen molar-refractivity contribution in [3.63, 3.8) is 0 Å². The highest BCUT2D eigenvalue weighted by Gasteiger charge is 2.35. The minimum atomic E-state index is -3.80. The second-order valence-electron chi connectivity index (χ2n) is 3.42. The largest absolute Gasteiger partial charge is 0.309 e. The van der Waals surface area contributed by atoms with Gasteiger partial charge in [0, 0.05) is 12.7 Å². The van der Waals surface area contributed by atoms with E-state index in [9.17, 15) is 16.8 Å². The quantitative estimate of drug-likeness (QED) is 0.640. The highest BCUT2D eigenvalue weighted by atomic mass is 32.2. The molecule has 0 aromatic heterocycles. The van der Waals surface area contributed by atoms with E-state index in [2.05, 4.69) is 0 Å². The van der Waals surface area contributed by atoms with Gasteiger partial charge in [0.25, 0.3) is 0 Å². The monoisotopic (exact) mass is 252 g/mol. The molecule has 0 saturated heterocycles. The predicted molar refractivity (Wildman–Crippen MR) is 56.7 cm³/mol. The van der Waals surface area contributed by atoms with Gasteiger partial charge in [0.15, 0.2) is 9.84 Å². The van der Waals surface area contributed by atoms with E-state index in [1.165, 1.54) is 6.08 Å². The maximum absolute atomic E-state index is 11.3. The van der Waals surface area contributed by atoms with Crippen LogP contribution in [0.5, 0.6) is 0 Å². The van der Waals surface area contributed by atoms with Crippen molar-refractivity contribution in [2.45, 2.75) is 11.3 Å². The third kappa shape index (κ3) is 2.46. The van der Waals surface area contributed by atoms with E-state index >= 15 is 0 Å². The molecule has 15 heavy (non-hydrogen) atoms. The molecular weight excluding hydrogens is 240 g/mol. The fraction of sp³-hybridized carbons (Fsp3) is 0.429. The fourth-order valence-corrected chi connectivity index (χ4v) is 2.38. The first kappa shape index (κ1) is 12.4. The summed E-state index contributed by atoms with van der Waals surface area (Å²) in [6, 6.07) is 0. The molecule has 1 aliphatic carbocycles. The van der Waals surface area contributed by atoms with E-state index < -0.39 is 24.7 Å². The smallest absolute Gasteiger partial charge is 0.237 e. The Bertz CT molecular complexity index is 529. The molecule has 1 atom stereocenters. The number of hydrogen-bond donors (Lipinski definition) is 2. The first-order valence-corrected chi connectivity index (χ1v) is 7.41. The fourth-order valence-electron chi connectivity index (χ4n) is 1.11. The normalized spacial score (nSPS) is 27.5. The average molecular weight is 252 g/mol. The topological polar surface area (TPSA) is 120 Å². The summed E-state index contributed by atoms with van der Waals surface area (Å²) in [5, 5.41) is 4.87. The van der Waals surface area contributed by atoms with Gasteiger partial charge in [-0.1, -0.05) is 6.08 Å². The molecule has 6 nitrogen and oxygen atoms in total. The molecule has 1 aliphatic rings. The van der Waals surface area contributed by atoms with Crippen LogP contribution in [0.4, 0.5) is 0 Å². The van der Waals surface area contributed by atoms with Crippen molar-refractivity contribution in [2.75, 3.05) is 6.26 Å². The molecule has 8 heteroatoms. The molecule has 0 fully saturated rings. The van der Waals surface area contributed by atoms with Gasteiger partial charge in [-0.15, -0.1) is 0 Å². The van der Waals surface area contributed by atoms with Gasteiger partial charge in [-0.2, -0.15) is 0 Å².